The van der Waals surface area contributed by atoms with Crippen molar-refractivity contribution >= 4 is 36.4 Å². The predicted molar refractivity (Wildman–Crippen MR) is 86.5 cm³/mol. The molecular formula is C13H18IO6P. The highest BCUT2D eigenvalue weighted by atomic mass is 127. The maximum absolute atomic E-state index is 12.1. The van der Waals surface area contributed by atoms with Crippen LogP contribution in [0.1, 0.15) is 24.2 Å². The summed E-state index contributed by atoms with van der Waals surface area (Å²) in [6.45, 7) is 3.69. The summed E-state index contributed by atoms with van der Waals surface area (Å²) in [7, 11) is -3.58. The second-order valence-corrected chi connectivity index (χ2v) is 6.82. The van der Waals surface area contributed by atoms with E-state index < -0.39 is 17.9 Å². The highest BCUT2D eigenvalue weighted by Crippen LogP contribution is 2.49. The number of phosphoric acid groups is 1. The first-order valence-corrected chi connectivity index (χ1v) is 9.15. The molecule has 0 saturated carbocycles. The van der Waals surface area contributed by atoms with Crippen molar-refractivity contribution in [2.24, 2.45) is 0 Å². The van der Waals surface area contributed by atoms with Gasteiger partial charge in [0.1, 0.15) is 6.61 Å². The Hall–Kier alpha value is -0.470. The number of alkyl halides is 1. The molecule has 118 valence electrons. The minimum Gasteiger partial charge on any atom is -0.446 e. The third-order valence-electron chi connectivity index (χ3n) is 2.18. The van der Waals surface area contributed by atoms with Crippen molar-refractivity contribution in [3.8, 4) is 0 Å². The molecule has 6 nitrogen and oxygen atoms in total. The Kier molecular flexibility index (Phi) is 8.43. The van der Waals surface area contributed by atoms with Crippen LogP contribution in [-0.2, 0) is 22.9 Å². The van der Waals surface area contributed by atoms with Gasteiger partial charge in [0.25, 0.3) is 0 Å². The molecule has 1 aromatic rings. The molecule has 0 amide bonds. The van der Waals surface area contributed by atoms with Gasteiger partial charge in [-0.25, -0.2) is 9.36 Å². The van der Waals surface area contributed by atoms with E-state index in [4.69, 9.17) is 18.3 Å². The monoisotopic (exact) mass is 428 g/mol. The fourth-order valence-corrected chi connectivity index (χ4v) is 3.24. The summed E-state index contributed by atoms with van der Waals surface area (Å²) in [5.41, 5.74) is 0.442. The lowest BCUT2D eigenvalue weighted by Gasteiger charge is -2.18. The van der Waals surface area contributed by atoms with Crippen LogP contribution in [0.3, 0.4) is 0 Å². The molecule has 0 aliphatic carbocycles. The fraction of sp³-hybridized carbons (Fsp3) is 0.462. The average molecular weight is 428 g/mol. The van der Waals surface area contributed by atoms with Gasteiger partial charge in [-0.2, -0.15) is 0 Å². The molecule has 1 unspecified atom stereocenters. The molecule has 1 rings (SSSR count). The van der Waals surface area contributed by atoms with E-state index in [1.807, 2.05) is 28.7 Å². The molecule has 0 radical (unpaired) electrons. The maximum atomic E-state index is 12.1. The molecule has 1 atom stereocenters. The van der Waals surface area contributed by atoms with E-state index in [-0.39, 0.29) is 19.8 Å². The lowest BCUT2D eigenvalue weighted by atomic mass is 10.2. The second kappa shape index (κ2) is 9.53. The van der Waals surface area contributed by atoms with E-state index in [9.17, 15) is 9.36 Å². The zero-order valence-corrected chi connectivity index (χ0v) is 14.9. The van der Waals surface area contributed by atoms with E-state index in [1.54, 1.807) is 38.1 Å². The molecule has 0 aliphatic heterocycles. The number of carbonyl (C=O) groups excluding carboxylic acids is 1. The Bertz CT molecular complexity index is 471. The van der Waals surface area contributed by atoms with Gasteiger partial charge in [0, 0.05) is 0 Å². The van der Waals surface area contributed by atoms with Gasteiger partial charge in [0.2, 0.25) is 0 Å². The zero-order chi connectivity index (χ0) is 15.7. The second-order valence-electron chi connectivity index (χ2n) is 3.76. The Labute approximate surface area is 137 Å². The minimum absolute atomic E-state index is 0.0869. The molecule has 0 bridgehead atoms. The van der Waals surface area contributed by atoms with Crippen molar-refractivity contribution < 1.29 is 27.7 Å². The summed E-state index contributed by atoms with van der Waals surface area (Å²) in [6, 6.07) is 8.60. The molecule has 0 aliphatic rings. The first kappa shape index (κ1) is 18.6. The third-order valence-corrected chi connectivity index (χ3v) is 4.41. The zero-order valence-electron chi connectivity index (χ0n) is 11.9. The number of ether oxygens (including phenoxy) is 1. The van der Waals surface area contributed by atoms with Gasteiger partial charge in [0.05, 0.1) is 18.8 Å². The molecular weight excluding hydrogens is 410 g/mol. The van der Waals surface area contributed by atoms with Crippen LogP contribution in [0.5, 0.6) is 0 Å². The summed E-state index contributed by atoms with van der Waals surface area (Å²) in [5.74, 6) is -0.471. The summed E-state index contributed by atoms with van der Waals surface area (Å²) in [5, 5.41) is 0. The van der Waals surface area contributed by atoms with Crippen molar-refractivity contribution in [2.75, 3.05) is 19.8 Å². The van der Waals surface area contributed by atoms with E-state index in [0.717, 1.165) is 0 Å². The Morgan fingerprint density at radius 1 is 1.14 bits per heavy atom. The van der Waals surface area contributed by atoms with E-state index in [1.165, 1.54) is 0 Å². The highest BCUT2D eigenvalue weighted by molar-refractivity contribution is 14.1. The van der Waals surface area contributed by atoms with Crippen LogP contribution in [-0.4, -0.2) is 29.9 Å². The van der Waals surface area contributed by atoms with Crippen molar-refractivity contribution in [1.82, 2.24) is 0 Å². The molecule has 0 N–H and O–H groups in total. The highest BCUT2D eigenvalue weighted by Gasteiger charge is 2.27. The largest absolute Gasteiger partial charge is 0.474 e. The summed E-state index contributed by atoms with van der Waals surface area (Å²) in [6.07, 6.45) is 0. The van der Waals surface area contributed by atoms with Crippen molar-refractivity contribution in [3.63, 3.8) is 0 Å². The average Bonchev–Trinajstić information content (AvgIpc) is 2.47. The van der Waals surface area contributed by atoms with E-state index >= 15 is 0 Å². The van der Waals surface area contributed by atoms with Gasteiger partial charge in [-0.15, -0.1) is 0 Å². The van der Waals surface area contributed by atoms with Crippen LogP contribution in [0, 0.1) is 0 Å². The first-order chi connectivity index (χ1) is 10.0. The quantitative estimate of drug-likeness (QED) is 0.258. The van der Waals surface area contributed by atoms with Gasteiger partial charge in [-0.3, -0.25) is 13.6 Å². The number of hydrogen-bond donors (Lipinski definition) is 0. The minimum atomic E-state index is -3.58. The fourth-order valence-electron chi connectivity index (χ4n) is 1.37. The molecule has 0 fully saturated rings. The van der Waals surface area contributed by atoms with Crippen LogP contribution < -0.4 is 0 Å². The van der Waals surface area contributed by atoms with Crippen LogP contribution in [0.4, 0.5) is 0 Å². The molecule has 0 aromatic heterocycles. The van der Waals surface area contributed by atoms with Crippen molar-refractivity contribution in [1.29, 1.82) is 0 Å². The Morgan fingerprint density at radius 3 is 2.24 bits per heavy atom. The van der Waals surface area contributed by atoms with Gasteiger partial charge in [-0.1, -0.05) is 18.2 Å². The first-order valence-electron chi connectivity index (χ1n) is 6.44. The van der Waals surface area contributed by atoms with E-state index in [0.29, 0.717) is 5.56 Å². The Balaban J connectivity index is 2.48. The SMILES string of the molecule is CCOP(=O)(OCC)OCC(I)OC(=O)c1ccccc1. The standard InChI is InChI=1S/C13H18IO6P/c1-3-17-21(16,18-4-2)19-10-12(14)20-13(15)11-8-6-5-7-9-11/h5-9,12H,3-4,10H2,1-2H3. The topological polar surface area (TPSA) is 71.1 Å². The van der Waals surface area contributed by atoms with Crippen LogP contribution in [0.2, 0.25) is 0 Å². The van der Waals surface area contributed by atoms with Gasteiger partial charge in [0.15, 0.2) is 4.11 Å². The third kappa shape index (κ3) is 6.88. The van der Waals surface area contributed by atoms with Crippen LogP contribution in [0.25, 0.3) is 0 Å². The van der Waals surface area contributed by atoms with Crippen molar-refractivity contribution in [3.05, 3.63) is 35.9 Å². The normalized spacial score (nSPS) is 12.9. The number of halogens is 1. The number of esters is 1. The lowest BCUT2D eigenvalue weighted by Crippen LogP contribution is -2.18. The van der Waals surface area contributed by atoms with Crippen molar-refractivity contribution in [2.45, 2.75) is 18.0 Å². The number of benzene rings is 1. The van der Waals surface area contributed by atoms with Gasteiger partial charge in [-0.05, 0) is 48.6 Å². The smallest absolute Gasteiger partial charge is 0.446 e. The molecule has 1 aromatic carbocycles. The summed E-state index contributed by atoms with van der Waals surface area (Å²) >= 11 is 1.88. The van der Waals surface area contributed by atoms with Crippen LogP contribution in [0.15, 0.2) is 30.3 Å². The molecule has 0 saturated heterocycles. The Morgan fingerprint density at radius 2 is 1.71 bits per heavy atom. The molecule has 0 spiro atoms. The summed E-state index contributed by atoms with van der Waals surface area (Å²) < 4.78 is 31.7. The van der Waals surface area contributed by atoms with Crippen LogP contribution >= 0.6 is 30.4 Å². The van der Waals surface area contributed by atoms with Gasteiger partial charge >= 0.3 is 13.8 Å². The number of carbonyl (C=O) groups is 1. The molecule has 0 heterocycles. The maximum Gasteiger partial charge on any atom is 0.474 e. The lowest BCUT2D eigenvalue weighted by molar-refractivity contribution is 0.0353. The molecule has 21 heavy (non-hydrogen) atoms. The molecule has 8 heteroatoms. The summed E-state index contributed by atoms with van der Waals surface area (Å²) in [4.78, 5) is 11.8. The predicted octanol–water partition coefficient (Wildman–Crippen LogP) is 3.80. The van der Waals surface area contributed by atoms with E-state index in [2.05, 4.69) is 0 Å². The number of hydrogen-bond acceptors (Lipinski definition) is 6. The number of phosphoric ester groups is 1. The number of rotatable bonds is 9. The van der Waals surface area contributed by atoms with Gasteiger partial charge < -0.3 is 4.74 Å².